The van der Waals surface area contributed by atoms with Gasteiger partial charge >= 0.3 is 0 Å². The molecule has 3 nitrogen and oxygen atoms in total. The number of carbonyl (C=O) groups excluding carboxylic acids is 1. The van der Waals surface area contributed by atoms with Crippen molar-refractivity contribution in [3.8, 4) is 0 Å². The fourth-order valence-corrected chi connectivity index (χ4v) is 2.86. The Bertz CT molecular complexity index is 465. The largest absolute Gasteiger partial charge is 0.327 e. The fraction of sp³-hybridized carbons (Fsp3) is 0.500. The third-order valence-electron chi connectivity index (χ3n) is 3.48. The van der Waals surface area contributed by atoms with Crippen LogP contribution in [0, 0.1) is 5.92 Å². The van der Waals surface area contributed by atoms with Crippen molar-refractivity contribution in [1.29, 1.82) is 0 Å². The number of anilines is 1. The summed E-state index contributed by atoms with van der Waals surface area (Å²) < 4.78 is 0. The van der Waals surface area contributed by atoms with Crippen molar-refractivity contribution >= 4 is 34.8 Å². The van der Waals surface area contributed by atoms with Gasteiger partial charge in [-0.25, -0.2) is 0 Å². The van der Waals surface area contributed by atoms with Gasteiger partial charge in [-0.1, -0.05) is 30.1 Å². The molecule has 104 valence electrons. The molecule has 1 saturated heterocycles. The molecule has 5 heteroatoms. The highest BCUT2D eigenvalue weighted by atomic mass is 35.5. The number of quaternary nitrogens is 1. The topological polar surface area (TPSA) is 33.5 Å². The Hall–Kier alpha value is -0.770. The lowest BCUT2D eigenvalue weighted by molar-refractivity contribution is -0.900. The summed E-state index contributed by atoms with van der Waals surface area (Å²) in [6, 6.07) is 5.13. The lowest BCUT2D eigenvalue weighted by atomic mass is 10.0. The Kier molecular flexibility index (Phi) is 5.08. The maximum absolute atomic E-state index is 12.0. The summed E-state index contributed by atoms with van der Waals surface area (Å²) in [6.45, 7) is 4.93. The standard InChI is InChI=1S/C14H18Cl2N2O/c1-10-3-2-6-18(8-10)9-14(19)17-11-4-5-12(15)13(16)7-11/h4-5,7,10H,2-3,6,8-9H2,1H3,(H,17,19)/p+1/t10-/m0/s1. The van der Waals surface area contributed by atoms with Crippen molar-refractivity contribution in [2.75, 3.05) is 25.0 Å². The zero-order valence-electron chi connectivity index (χ0n) is 11.0. The Morgan fingerprint density at radius 2 is 2.21 bits per heavy atom. The molecule has 2 rings (SSSR count). The first kappa shape index (κ1) is 14.6. The second-order valence-corrected chi connectivity index (χ2v) is 6.12. The van der Waals surface area contributed by atoms with Crippen molar-refractivity contribution in [3.63, 3.8) is 0 Å². The summed E-state index contributed by atoms with van der Waals surface area (Å²) in [5.41, 5.74) is 0.698. The van der Waals surface area contributed by atoms with Crippen LogP contribution in [-0.2, 0) is 4.79 Å². The lowest BCUT2D eigenvalue weighted by Gasteiger charge is -2.27. The van der Waals surface area contributed by atoms with Crippen LogP contribution in [0.2, 0.25) is 10.0 Å². The summed E-state index contributed by atoms with van der Waals surface area (Å²) in [5.74, 6) is 0.740. The molecule has 2 N–H and O–H groups in total. The van der Waals surface area contributed by atoms with Crippen molar-refractivity contribution in [2.45, 2.75) is 19.8 Å². The minimum Gasteiger partial charge on any atom is -0.327 e. The summed E-state index contributed by atoms with van der Waals surface area (Å²) in [5, 5.41) is 3.82. The average Bonchev–Trinajstić information content (AvgIpc) is 2.34. The van der Waals surface area contributed by atoms with Crippen LogP contribution in [0.25, 0.3) is 0 Å². The van der Waals surface area contributed by atoms with Gasteiger partial charge in [-0.3, -0.25) is 4.79 Å². The third kappa shape index (κ3) is 4.37. The fourth-order valence-electron chi connectivity index (χ4n) is 2.56. The second kappa shape index (κ2) is 6.60. The number of nitrogens with one attached hydrogen (secondary N) is 2. The lowest BCUT2D eigenvalue weighted by Crippen LogP contribution is -3.14. The third-order valence-corrected chi connectivity index (χ3v) is 4.22. The maximum atomic E-state index is 12.0. The van der Waals surface area contributed by atoms with Crippen LogP contribution in [-0.4, -0.2) is 25.5 Å². The number of piperidine rings is 1. The second-order valence-electron chi connectivity index (χ2n) is 5.31. The van der Waals surface area contributed by atoms with Gasteiger partial charge in [0.05, 0.1) is 23.1 Å². The highest BCUT2D eigenvalue weighted by Crippen LogP contribution is 2.24. The molecule has 0 aromatic heterocycles. The molecule has 1 aliphatic rings. The first-order chi connectivity index (χ1) is 9.04. The molecule has 1 amide bonds. The molecule has 1 aliphatic heterocycles. The molecular formula is C14H19Cl2N2O+. The van der Waals surface area contributed by atoms with Crippen molar-refractivity contribution in [1.82, 2.24) is 0 Å². The number of likely N-dealkylation sites (tertiary alicyclic amines) is 1. The van der Waals surface area contributed by atoms with Crippen molar-refractivity contribution in [3.05, 3.63) is 28.2 Å². The molecule has 1 aromatic carbocycles. The molecule has 1 heterocycles. The predicted octanol–water partition coefficient (Wildman–Crippen LogP) is 2.25. The molecule has 2 atom stereocenters. The van der Waals surface area contributed by atoms with Gasteiger partial charge in [0.2, 0.25) is 0 Å². The number of benzene rings is 1. The predicted molar refractivity (Wildman–Crippen MR) is 79.1 cm³/mol. The van der Waals surface area contributed by atoms with E-state index in [2.05, 4.69) is 12.2 Å². The number of hydrogen-bond donors (Lipinski definition) is 2. The minimum atomic E-state index is 0.0301. The SMILES string of the molecule is C[C@H]1CCC[NH+](CC(=O)Nc2ccc(Cl)c(Cl)c2)C1. The molecule has 0 radical (unpaired) electrons. The van der Waals surface area contributed by atoms with Gasteiger partial charge in [0, 0.05) is 11.6 Å². The van der Waals surface area contributed by atoms with Crippen LogP contribution >= 0.6 is 23.2 Å². The Morgan fingerprint density at radius 1 is 1.42 bits per heavy atom. The Morgan fingerprint density at radius 3 is 2.89 bits per heavy atom. The minimum absolute atomic E-state index is 0.0301. The van der Waals surface area contributed by atoms with E-state index in [4.69, 9.17) is 23.2 Å². The average molecular weight is 302 g/mol. The number of hydrogen-bond acceptors (Lipinski definition) is 1. The van der Waals surface area contributed by atoms with E-state index >= 15 is 0 Å². The van der Waals surface area contributed by atoms with Crippen LogP contribution in [0.15, 0.2) is 18.2 Å². The van der Waals surface area contributed by atoms with Gasteiger partial charge in [0.1, 0.15) is 0 Å². The van der Waals surface area contributed by atoms with E-state index in [1.807, 2.05) is 0 Å². The summed E-state index contributed by atoms with van der Waals surface area (Å²) in [7, 11) is 0. The van der Waals surface area contributed by atoms with Gasteiger partial charge in [-0.15, -0.1) is 0 Å². The van der Waals surface area contributed by atoms with Crippen molar-refractivity contribution < 1.29 is 9.69 Å². The first-order valence-corrected chi connectivity index (χ1v) is 7.38. The van der Waals surface area contributed by atoms with Crippen LogP contribution in [0.5, 0.6) is 0 Å². The number of halogens is 2. The van der Waals surface area contributed by atoms with Crippen LogP contribution in [0.4, 0.5) is 5.69 Å². The van der Waals surface area contributed by atoms with Gasteiger partial charge in [-0.05, 0) is 31.0 Å². The molecule has 1 fully saturated rings. The summed E-state index contributed by atoms with van der Waals surface area (Å²) in [6.07, 6.45) is 2.48. The van der Waals surface area contributed by atoms with E-state index in [9.17, 15) is 4.79 Å². The van der Waals surface area contributed by atoms with E-state index in [-0.39, 0.29) is 5.91 Å². The molecular weight excluding hydrogens is 283 g/mol. The van der Waals surface area contributed by atoms with E-state index in [0.29, 0.717) is 28.2 Å². The number of carbonyl (C=O) groups is 1. The highest BCUT2D eigenvalue weighted by molar-refractivity contribution is 6.42. The van der Waals surface area contributed by atoms with E-state index in [1.165, 1.54) is 17.7 Å². The quantitative estimate of drug-likeness (QED) is 0.882. The molecule has 1 unspecified atom stereocenters. The molecule has 1 aromatic rings. The molecule has 0 saturated carbocycles. The maximum Gasteiger partial charge on any atom is 0.279 e. The van der Waals surface area contributed by atoms with Crippen LogP contribution in [0.3, 0.4) is 0 Å². The van der Waals surface area contributed by atoms with Gasteiger partial charge in [0.15, 0.2) is 6.54 Å². The van der Waals surface area contributed by atoms with Crippen molar-refractivity contribution in [2.24, 2.45) is 5.92 Å². The summed E-state index contributed by atoms with van der Waals surface area (Å²) in [4.78, 5) is 13.3. The monoisotopic (exact) mass is 301 g/mol. The molecule has 0 spiro atoms. The normalized spacial score (nSPS) is 23.1. The van der Waals surface area contributed by atoms with E-state index in [1.54, 1.807) is 18.2 Å². The van der Waals surface area contributed by atoms with E-state index in [0.717, 1.165) is 13.1 Å². The zero-order valence-corrected chi connectivity index (χ0v) is 12.5. The number of rotatable bonds is 3. The van der Waals surface area contributed by atoms with Gasteiger partial charge in [-0.2, -0.15) is 0 Å². The molecule has 19 heavy (non-hydrogen) atoms. The Balaban J connectivity index is 1.88. The zero-order chi connectivity index (χ0) is 13.8. The Labute approximate surface area is 123 Å². The van der Waals surface area contributed by atoms with E-state index < -0.39 is 0 Å². The smallest absolute Gasteiger partial charge is 0.279 e. The molecule has 0 bridgehead atoms. The highest BCUT2D eigenvalue weighted by Gasteiger charge is 2.21. The number of amides is 1. The van der Waals surface area contributed by atoms with Gasteiger partial charge < -0.3 is 10.2 Å². The van der Waals surface area contributed by atoms with Gasteiger partial charge in [0.25, 0.3) is 5.91 Å². The van der Waals surface area contributed by atoms with Crippen LogP contribution < -0.4 is 10.2 Å². The summed E-state index contributed by atoms with van der Waals surface area (Å²) >= 11 is 11.8. The molecule has 0 aliphatic carbocycles. The van der Waals surface area contributed by atoms with Crippen LogP contribution in [0.1, 0.15) is 19.8 Å². The first-order valence-electron chi connectivity index (χ1n) is 6.63.